The lowest BCUT2D eigenvalue weighted by Crippen LogP contribution is -2.39. The fourth-order valence-corrected chi connectivity index (χ4v) is 2.83. The zero-order valence-corrected chi connectivity index (χ0v) is 10.7. The van der Waals surface area contributed by atoms with E-state index >= 15 is 0 Å². The molecule has 0 atom stereocenters. The van der Waals surface area contributed by atoms with Gasteiger partial charge in [0.1, 0.15) is 0 Å². The molecule has 0 amide bonds. The first kappa shape index (κ1) is 10.6. The van der Waals surface area contributed by atoms with Crippen LogP contribution in [0.15, 0.2) is 59.6 Å². The summed E-state index contributed by atoms with van der Waals surface area (Å²) in [4.78, 5) is 9.32. The molecule has 0 saturated heterocycles. The highest BCUT2D eigenvalue weighted by Gasteiger charge is 2.34. The van der Waals surface area contributed by atoms with Gasteiger partial charge in [0.15, 0.2) is 0 Å². The second-order valence-corrected chi connectivity index (χ2v) is 4.85. The van der Waals surface area contributed by atoms with Gasteiger partial charge < -0.3 is 4.90 Å². The van der Waals surface area contributed by atoms with Crippen LogP contribution in [0.1, 0.15) is 6.42 Å². The third kappa shape index (κ3) is 1.55. The Morgan fingerprint density at radius 2 is 1.58 bits per heavy atom. The van der Waals surface area contributed by atoms with Crippen LogP contribution in [-0.4, -0.2) is 19.0 Å². The van der Waals surface area contributed by atoms with Gasteiger partial charge in [-0.25, -0.2) is 0 Å². The maximum atomic E-state index is 4.73. The smallest absolute Gasteiger partial charge is 0.210 e. The average molecular weight is 249 g/mol. The number of benzene rings is 2. The van der Waals surface area contributed by atoms with Crippen molar-refractivity contribution in [2.75, 3.05) is 22.9 Å². The van der Waals surface area contributed by atoms with Gasteiger partial charge in [0.2, 0.25) is 5.96 Å². The van der Waals surface area contributed by atoms with E-state index in [2.05, 4.69) is 58.3 Å². The molecule has 2 aromatic rings. The Morgan fingerprint density at radius 1 is 0.842 bits per heavy atom. The molecule has 0 radical (unpaired) electrons. The minimum atomic E-state index is 0.920. The van der Waals surface area contributed by atoms with Crippen molar-refractivity contribution in [3.63, 3.8) is 0 Å². The van der Waals surface area contributed by atoms with Crippen LogP contribution in [0.2, 0.25) is 0 Å². The van der Waals surface area contributed by atoms with Gasteiger partial charge in [0, 0.05) is 18.8 Å². The van der Waals surface area contributed by atoms with Crippen molar-refractivity contribution in [3.8, 4) is 0 Å². The van der Waals surface area contributed by atoms with E-state index in [1.54, 1.807) is 0 Å². The molecule has 0 aromatic heterocycles. The van der Waals surface area contributed by atoms with E-state index in [9.17, 15) is 0 Å². The van der Waals surface area contributed by atoms with Crippen LogP contribution in [0, 0.1) is 0 Å². The summed E-state index contributed by atoms with van der Waals surface area (Å²) in [5.41, 5.74) is 3.68. The van der Waals surface area contributed by atoms with Crippen LogP contribution in [0.3, 0.4) is 0 Å². The van der Waals surface area contributed by atoms with Crippen molar-refractivity contribution in [3.05, 3.63) is 54.6 Å². The molecule has 0 spiro atoms. The summed E-state index contributed by atoms with van der Waals surface area (Å²) in [5, 5.41) is 0. The topological polar surface area (TPSA) is 18.8 Å². The molecule has 0 N–H and O–H groups in total. The van der Waals surface area contributed by atoms with Crippen molar-refractivity contribution < 1.29 is 0 Å². The van der Waals surface area contributed by atoms with Crippen LogP contribution < -0.4 is 9.80 Å². The molecule has 2 aromatic carbocycles. The molecular formula is C16H15N3. The first-order valence-electron chi connectivity index (χ1n) is 6.71. The predicted octanol–water partition coefficient (Wildman–Crippen LogP) is 3.40. The maximum absolute atomic E-state index is 4.73. The molecular weight excluding hydrogens is 234 g/mol. The Morgan fingerprint density at radius 3 is 2.42 bits per heavy atom. The monoisotopic (exact) mass is 249 g/mol. The second-order valence-electron chi connectivity index (χ2n) is 4.85. The van der Waals surface area contributed by atoms with Gasteiger partial charge in [0.05, 0.1) is 11.4 Å². The lowest BCUT2D eigenvalue weighted by molar-refractivity contribution is 0.792. The summed E-state index contributed by atoms with van der Waals surface area (Å²) in [6, 6.07) is 19.0. The van der Waals surface area contributed by atoms with Crippen molar-refractivity contribution in [2.45, 2.75) is 6.42 Å². The Bertz CT molecular complexity index is 633. The summed E-state index contributed by atoms with van der Waals surface area (Å²) >= 11 is 0. The standard InChI is InChI=1S/C16H15N3/c1-2-7-13(8-3-1)19-15-10-5-4-9-14(15)18-12-6-11-17-16(18)19/h1-5,7-10H,6,11-12H2. The fraction of sp³-hybridized carbons (Fsp3) is 0.188. The molecule has 0 fully saturated rings. The van der Waals surface area contributed by atoms with Crippen LogP contribution in [0.5, 0.6) is 0 Å². The molecule has 0 bridgehead atoms. The number of hydrogen-bond donors (Lipinski definition) is 0. The minimum Gasteiger partial charge on any atom is -0.310 e. The third-order valence-corrected chi connectivity index (χ3v) is 3.66. The molecule has 19 heavy (non-hydrogen) atoms. The molecule has 94 valence electrons. The summed E-state index contributed by atoms with van der Waals surface area (Å²) in [6.45, 7) is 1.97. The SMILES string of the molecule is c1ccc(N2C3=NCCCN3c3ccccc32)cc1. The summed E-state index contributed by atoms with van der Waals surface area (Å²) < 4.78 is 0. The summed E-state index contributed by atoms with van der Waals surface area (Å²) in [5.74, 6) is 1.07. The number of para-hydroxylation sites is 3. The van der Waals surface area contributed by atoms with E-state index in [4.69, 9.17) is 4.99 Å². The van der Waals surface area contributed by atoms with Gasteiger partial charge in [-0.3, -0.25) is 9.89 Å². The van der Waals surface area contributed by atoms with Gasteiger partial charge in [-0.15, -0.1) is 0 Å². The third-order valence-electron chi connectivity index (χ3n) is 3.66. The lowest BCUT2D eigenvalue weighted by atomic mass is 10.2. The Labute approximate surface area is 112 Å². The van der Waals surface area contributed by atoms with Crippen molar-refractivity contribution in [2.24, 2.45) is 4.99 Å². The van der Waals surface area contributed by atoms with Crippen LogP contribution >= 0.6 is 0 Å². The van der Waals surface area contributed by atoms with Crippen molar-refractivity contribution >= 4 is 23.0 Å². The van der Waals surface area contributed by atoms with Crippen molar-refractivity contribution in [1.29, 1.82) is 0 Å². The Balaban J connectivity index is 1.92. The molecule has 3 nitrogen and oxygen atoms in total. The first-order valence-corrected chi connectivity index (χ1v) is 6.71. The zero-order chi connectivity index (χ0) is 12.7. The number of nitrogens with zero attached hydrogens (tertiary/aromatic N) is 3. The number of guanidine groups is 1. The van der Waals surface area contributed by atoms with E-state index < -0.39 is 0 Å². The van der Waals surface area contributed by atoms with Gasteiger partial charge in [0.25, 0.3) is 0 Å². The molecule has 2 aliphatic heterocycles. The van der Waals surface area contributed by atoms with E-state index in [1.165, 1.54) is 17.1 Å². The van der Waals surface area contributed by atoms with Gasteiger partial charge in [-0.2, -0.15) is 0 Å². The van der Waals surface area contributed by atoms with Gasteiger partial charge in [-0.1, -0.05) is 30.3 Å². The molecule has 0 aliphatic carbocycles. The lowest BCUT2D eigenvalue weighted by Gasteiger charge is -2.26. The second kappa shape index (κ2) is 4.12. The van der Waals surface area contributed by atoms with Gasteiger partial charge in [-0.05, 0) is 30.7 Å². The number of hydrogen-bond acceptors (Lipinski definition) is 3. The highest BCUT2D eigenvalue weighted by molar-refractivity contribution is 6.20. The predicted molar refractivity (Wildman–Crippen MR) is 79.3 cm³/mol. The molecule has 2 heterocycles. The Kier molecular flexibility index (Phi) is 2.30. The van der Waals surface area contributed by atoms with E-state index in [0.29, 0.717) is 0 Å². The molecule has 4 rings (SSSR count). The van der Waals surface area contributed by atoms with Crippen LogP contribution in [0.25, 0.3) is 0 Å². The molecule has 2 aliphatic rings. The average Bonchev–Trinajstić information content (AvgIpc) is 2.83. The first-order chi connectivity index (χ1) is 9.45. The Hall–Kier alpha value is -2.29. The number of fused-ring (bicyclic) bond motifs is 3. The highest BCUT2D eigenvalue weighted by atomic mass is 15.4. The molecule has 0 unspecified atom stereocenters. The van der Waals surface area contributed by atoms with Gasteiger partial charge >= 0.3 is 0 Å². The quantitative estimate of drug-likeness (QED) is 0.771. The van der Waals surface area contributed by atoms with Crippen molar-refractivity contribution in [1.82, 2.24) is 0 Å². The maximum Gasteiger partial charge on any atom is 0.210 e. The molecule has 3 heteroatoms. The number of anilines is 3. The minimum absolute atomic E-state index is 0.920. The highest BCUT2D eigenvalue weighted by Crippen LogP contribution is 2.42. The van der Waals surface area contributed by atoms with E-state index in [1.807, 2.05) is 6.07 Å². The van der Waals surface area contributed by atoms with E-state index in [0.717, 1.165) is 25.5 Å². The number of aliphatic imine (C=N–C) groups is 1. The fourth-order valence-electron chi connectivity index (χ4n) is 2.83. The summed E-state index contributed by atoms with van der Waals surface area (Å²) in [6.07, 6.45) is 1.13. The normalized spacial score (nSPS) is 16.9. The number of rotatable bonds is 1. The zero-order valence-electron chi connectivity index (χ0n) is 10.7. The molecule has 0 saturated carbocycles. The summed E-state index contributed by atoms with van der Waals surface area (Å²) in [7, 11) is 0. The largest absolute Gasteiger partial charge is 0.310 e. The van der Waals surface area contributed by atoms with E-state index in [-0.39, 0.29) is 0 Å². The van der Waals surface area contributed by atoms with Crippen LogP contribution in [-0.2, 0) is 0 Å². The van der Waals surface area contributed by atoms with Crippen LogP contribution in [0.4, 0.5) is 17.1 Å².